The summed E-state index contributed by atoms with van der Waals surface area (Å²) in [6.07, 6.45) is 4.48. The van der Waals surface area contributed by atoms with Gasteiger partial charge in [0.1, 0.15) is 24.1 Å². The van der Waals surface area contributed by atoms with Crippen LogP contribution in [0.2, 0.25) is 25.7 Å². The molecule has 1 amide bonds. The summed E-state index contributed by atoms with van der Waals surface area (Å²) in [6, 6.07) is 11.1. The molecule has 230 valence electrons. The Hall–Kier alpha value is -4.29. The zero-order chi connectivity index (χ0) is 31.6. The van der Waals surface area contributed by atoms with Crippen LogP contribution >= 0.6 is 0 Å². The highest BCUT2D eigenvalue weighted by Gasteiger charge is 2.47. The monoisotopic (exact) mass is 616 g/mol. The highest BCUT2D eigenvalue weighted by molar-refractivity contribution is 6.76. The Morgan fingerprint density at radius 3 is 2.61 bits per heavy atom. The second kappa shape index (κ2) is 12.4. The van der Waals surface area contributed by atoms with E-state index in [1.165, 1.54) is 17.0 Å². The topological polar surface area (TPSA) is 112 Å². The van der Waals surface area contributed by atoms with Crippen LogP contribution in [0.1, 0.15) is 37.6 Å². The first-order valence-corrected chi connectivity index (χ1v) is 18.3. The molecular formula is C32H37FN6O4Si. The smallest absolute Gasteiger partial charge is 0.330 e. The molecule has 0 saturated heterocycles. The maximum Gasteiger partial charge on any atom is 0.330 e. The molecule has 0 atom stereocenters. The molecule has 4 aromatic rings. The second-order valence-electron chi connectivity index (χ2n) is 12.4. The lowest BCUT2D eigenvalue weighted by atomic mass is 9.85. The zero-order valence-corrected chi connectivity index (χ0v) is 26.9. The molecule has 4 heterocycles. The lowest BCUT2D eigenvalue weighted by Gasteiger charge is -2.21. The number of hydrogen-bond donors (Lipinski definition) is 0. The summed E-state index contributed by atoms with van der Waals surface area (Å²) < 4.78 is 27.3. The van der Waals surface area contributed by atoms with Crippen molar-refractivity contribution >= 4 is 42.9 Å². The Kier molecular flexibility index (Phi) is 8.75. The summed E-state index contributed by atoms with van der Waals surface area (Å²) in [5.41, 5.74) is 1.38. The Morgan fingerprint density at radius 1 is 1.11 bits per heavy atom. The van der Waals surface area contributed by atoms with Gasteiger partial charge >= 0.3 is 5.97 Å². The molecular weight excluding hydrogens is 579 g/mol. The number of carbonyl (C=O) groups is 2. The molecule has 0 saturated carbocycles. The third kappa shape index (κ3) is 6.31. The van der Waals surface area contributed by atoms with Gasteiger partial charge in [0.15, 0.2) is 11.5 Å². The van der Waals surface area contributed by atoms with Gasteiger partial charge < -0.3 is 9.47 Å². The average Bonchev–Trinajstić information content (AvgIpc) is 3.43. The minimum Gasteiger partial charge on any atom is -0.463 e. The van der Waals surface area contributed by atoms with Gasteiger partial charge in [-0.1, -0.05) is 37.8 Å². The van der Waals surface area contributed by atoms with Crippen LogP contribution in [0.25, 0.3) is 28.6 Å². The molecule has 44 heavy (non-hydrogen) atoms. The quantitative estimate of drug-likeness (QED) is 0.0928. The Labute approximate surface area is 256 Å². The molecule has 0 bridgehead atoms. The first kappa shape index (κ1) is 31.1. The molecule has 10 nitrogen and oxygen atoms in total. The van der Waals surface area contributed by atoms with Gasteiger partial charge in [-0.15, -0.1) is 0 Å². The van der Waals surface area contributed by atoms with E-state index >= 15 is 0 Å². The maximum atomic E-state index is 14.6. The molecule has 0 radical (unpaired) electrons. The average molecular weight is 617 g/mol. The molecule has 0 N–H and O–H groups in total. The van der Waals surface area contributed by atoms with Crippen molar-refractivity contribution in [3.05, 3.63) is 71.3 Å². The molecule has 0 aliphatic carbocycles. The van der Waals surface area contributed by atoms with Crippen molar-refractivity contribution in [2.24, 2.45) is 0 Å². The summed E-state index contributed by atoms with van der Waals surface area (Å²) >= 11 is 0. The summed E-state index contributed by atoms with van der Waals surface area (Å²) in [5, 5.41) is 5.44. The molecule has 12 heteroatoms. The van der Waals surface area contributed by atoms with Gasteiger partial charge in [-0.05, 0) is 51.1 Å². The molecule has 0 spiro atoms. The van der Waals surface area contributed by atoms with Crippen molar-refractivity contribution in [1.29, 1.82) is 0 Å². The number of nitrogens with zero attached hydrogens (tertiary/aromatic N) is 6. The van der Waals surface area contributed by atoms with Crippen molar-refractivity contribution in [2.45, 2.75) is 58.4 Å². The van der Waals surface area contributed by atoms with Crippen molar-refractivity contribution in [3.63, 3.8) is 0 Å². The van der Waals surface area contributed by atoms with Crippen LogP contribution in [-0.4, -0.2) is 64.6 Å². The fourth-order valence-electron chi connectivity index (χ4n) is 5.09. The number of ether oxygens (including phenoxy) is 2. The molecule has 3 aromatic heterocycles. The van der Waals surface area contributed by atoms with Crippen molar-refractivity contribution < 1.29 is 23.5 Å². The fourth-order valence-corrected chi connectivity index (χ4v) is 5.85. The molecule has 0 fully saturated rings. The van der Waals surface area contributed by atoms with Crippen LogP contribution in [0.5, 0.6) is 0 Å². The first-order chi connectivity index (χ1) is 20.9. The number of hydrogen-bond acceptors (Lipinski definition) is 8. The number of pyridine rings is 1. The van der Waals surface area contributed by atoms with Gasteiger partial charge in [-0.2, -0.15) is 5.10 Å². The third-order valence-electron chi connectivity index (χ3n) is 7.46. The van der Waals surface area contributed by atoms with Crippen molar-refractivity contribution in [2.75, 3.05) is 24.8 Å². The highest BCUT2D eigenvalue weighted by atomic mass is 28.3. The zero-order valence-electron chi connectivity index (χ0n) is 25.9. The lowest BCUT2D eigenvalue weighted by molar-refractivity contribution is -0.137. The van der Waals surface area contributed by atoms with Crippen LogP contribution in [0.4, 0.5) is 10.2 Å². The number of anilines is 1. The molecule has 1 aliphatic heterocycles. The summed E-state index contributed by atoms with van der Waals surface area (Å²) in [5.74, 6) is -0.440. The van der Waals surface area contributed by atoms with Crippen LogP contribution < -0.4 is 4.90 Å². The summed E-state index contributed by atoms with van der Waals surface area (Å²) in [6.45, 7) is 13.1. The summed E-state index contributed by atoms with van der Waals surface area (Å²) in [7, 11) is -1.34. The van der Waals surface area contributed by atoms with Crippen LogP contribution in [0.15, 0.2) is 48.7 Å². The number of rotatable bonds is 11. The van der Waals surface area contributed by atoms with E-state index in [0.29, 0.717) is 46.0 Å². The number of halogens is 1. The van der Waals surface area contributed by atoms with Crippen LogP contribution in [0, 0.1) is 5.82 Å². The Balaban J connectivity index is 1.64. The number of carbonyl (C=O) groups excluding carboxylic acids is 2. The molecule has 1 aliphatic rings. The molecule has 0 unspecified atom stereocenters. The summed E-state index contributed by atoms with van der Waals surface area (Å²) in [4.78, 5) is 41.8. The van der Waals surface area contributed by atoms with Gasteiger partial charge in [0.2, 0.25) is 5.91 Å². The predicted molar refractivity (Wildman–Crippen MR) is 169 cm³/mol. The number of esters is 1. The minimum atomic E-state index is -1.34. The van der Waals surface area contributed by atoms with E-state index in [4.69, 9.17) is 24.5 Å². The van der Waals surface area contributed by atoms with E-state index in [0.717, 1.165) is 6.04 Å². The number of fused-ring (bicyclic) bond motifs is 2. The largest absolute Gasteiger partial charge is 0.463 e. The minimum absolute atomic E-state index is 0.0290. The van der Waals surface area contributed by atoms with E-state index in [2.05, 4.69) is 24.6 Å². The van der Waals surface area contributed by atoms with Gasteiger partial charge in [0, 0.05) is 38.1 Å². The second-order valence-corrected chi connectivity index (χ2v) is 18.0. The van der Waals surface area contributed by atoms with Crippen molar-refractivity contribution in [1.82, 2.24) is 24.7 Å². The fraction of sp³-hybridized carbons (Fsp3) is 0.375. The predicted octanol–water partition coefficient (Wildman–Crippen LogP) is 5.59. The Bertz CT molecular complexity index is 1750. The van der Waals surface area contributed by atoms with Gasteiger partial charge in [-0.25, -0.2) is 28.8 Å². The number of aromatic nitrogens is 5. The van der Waals surface area contributed by atoms with Gasteiger partial charge in [0.25, 0.3) is 0 Å². The normalized spacial score (nSPS) is 14.5. The number of benzene rings is 1. The first-order valence-electron chi connectivity index (χ1n) is 14.6. The Morgan fingerprint density at radius 2 is 1.89 bits per heavy atom. The molecule has 1 aromatic carbocycles. The van der Waals surface area contributed by atoms with E-state index in [-0.39, 0.29) is 37.4 Å². The maximum absolute atomic E-state index is 14.6. The SMILES string of the molecule is CCOC(=O)/C=C/c1nc(-c2nn(Cc3ccccc3F)c3ncccc23)nc2c1C(C)(C)C(=O)N2COCC[Si](C)(C)C. The van der Waals surface area contributed by atoms with E-state index in [1.807, 2.05) is 19.9 Å². The van der Waals surface area contributed by atoms with E-state index in [9.17, 15) is 14.0 Å². The number of amides is 1. The van der Waals surface area contributed by atoms with E-state index < -0.39 is 19.5 Å². The molecule has 5 rings (SSSR count). The lowest BCUT2D eigenvalue weighted by Crippen LogP contribution is -2.38. The van der Waals surface area contributed by atoms with E-state index in [1.54, 1.807) is 48.1 Å². The van der Waals surface area contributed by atoms with Gasteiger partial charge in [0.05, 0.1) is 29.6 Å². The highest BCUT2D eigenvalue weighted by Crippen LogP contribution is 2.43. The standard InChI is InChI=1S/C32H37FN6O4Si/c1-7-43-25(40)15-14-24-26-30(38(31(41)32(26,2)3)20-42-17-18-44(4,5)6)36-28(35-24)27-22-12-10-16-34-29(22)39(37-27)19-21-11-8-9-13-23(21)33/h8-16H,7,17-20H2,1-6H3/b15-14+. The van der Waals surface area contributed by atoms with Gasteiger partial charge in [-0.3, -0.25) is 9.69 Å². The van der Waals surface area contributed by atoms with Crippen LogP contribution in [0.3, 0.4) is 0 Å². The third-order valence-corrected chi connectivity index (χ3v) is 9.16. The van der Waals surface area contributed by atoms with Crippen molar-refractivity contribution in [3.8, 4) is 11.5 Å². The van der Waals surface area contributed by atoms with Crippen LogP contribution in [-0.2, 0) is 31.0 Å².